The van der Waals surface area contributed by atoms with Crippen molar-refractivity contribution in [2.75, 3.05) is 6.61 Å². The van der Waals surface area contributed by atoms with Gasteiger partial charge in [-0.25, -0.2) is 8.78 Å². The molecular weight excluding hydrogens is 388 g/mol. The normalized spacial score (nSPS) is 14.9. The number of nitrogens with one attached hydrogen (secondary N) is 1. The third kappa shape index (κ3) is 3.57. The van der Waals surface area contributed by atoms with Crippen LogP contribution in [0.15, 0.2) is 45.7 Å². The van der Waals surface area contributed by atoms with Crippen molar-refractivity contribution in [2.24, 2.45) is 0 Å². The molecule has 5 nitrogen and oxygen atoms in total. The van der Waals surface area contributed by atoms with Gasteiger partial charge in [0.25, 0.3) is 0 Å². The number of halogens is 2. The van der Waals surface area contributed by atoms with E-state index in [0.29, 0.717) is 5.92 Å². The first-order valence-corrected chi connectivity index (χ1v) is 10.00. The average Bonchev–Trinajstić information content (AvgIpc) is 3.42. The number of hydrogen-bond acceptors (Lipinski definition) is 4. The van der Waals surface area contributed by atoms with Crippen molar-refractivity contribution >= 4 is 28.2 Å². The van der Waals surface area contributed by atoms with Crippen molar-refractivity contribution in [2.45, 2.75) is 30.6 Å². The van der Waals surface area contributed by atoms with Crippen LogP contribution in [-0.4, -0.2) is 17.1 Å². The quantitative estimate of drug-likeness (QED) is 0.616. The standard InChI is InChI=1S/C20H17F2NO4S/c1-2-26-19-14(21)4-3-5-18(19)28(25)23-20(24)17-10-13-15(22)8-12(11-6-7-11)9-16(13)27-17/h3-5,8-11H,2,6-7H2,1H3,(H,23,24). The molecule has 28 heavy (non-hydrogen) atoms. The maximum absolute atomic E-state index is 14.3. The highest BCUT2D eigenvalue weighted by Gasteiger charge is 2.28. The van der Waals surface area contributed by atoms with E-state index < -0.39 is 28.9 Å². The predicted octanol–water partition coefficient (Wildman–Crippen LogP) is 4.44. The van der Waals surface area contributed by atoms with E-state index in [9.17, 15) is 18.1 Å². The van der Waals surface area contributed by atoms with E-state index in [-0.39, 0.29) is 34.0 Å². The number of benzene rings is 2. The molecule has 1 aliphatic carbocycles. The molecule has 1 fully saturated rings. The van der Waals surface area contributed by atoms with Crippen molar-refractivity contribution < 1.29 is 27.3 Å². The molecule has 0 saturated heterocycles. The Hall–Kier alpha value is -2.58. The molecule has 2 aromatic carbocycles. The Kier molecular flexibility index (Phi) is 4.99. The predicted molar refractivity (Wildman–Crippen MR) is 99.6 cm³/mol. The molecule has 4 rings (SSSR count). The van der Waals surface area contributed by atoms with Crippen LogP contribution in [-0.2, 0) is 11.4 Å². The zero-order valence-electron chi connectivity index (χ0n) is 15.0. The fourth-order valence-corrected chi connectivity index (χ4v) is 3.90. The Labute approximate surface area is 163 Å². The number of para-hydroxylation sites is 1. The highest BCUT2D eigenvalue weighted by molar-refractivity contribution is 7.90. The van der Waals surface area contributed by atoms with Crippen molar-refractivity contribution in [1.82, 2.24) is 4.72 Å². The monoisotopic (exact) mass is 405 g/mol. The summed E-state index contributed by atoms with van der Waals surface area (Å²) in [6.45, 7) is 1.84. The van der Waals surface area contributed by atoms with E-state index >= 15 is 0 Å². The molecule has 1 unspecified atom stereocenters. The lowest BCUT2D eigenvalue weighted by Crippen LogP contribution is -2.30. The lowest BCUT2D eigenvalue weighted by molar-refractivity contribution is 0.0956. The summed E-state index contributed by atoms with van der Waals surface area (Å²) in [5.41, 5.74) is 1.11. The van der Waals surface area contributed by atoms with Gasteiger partial charge in [0.05, 0.1) is 12.0 Å². The van der Waals surface area contributed by atoms with Gasteiger partial charge in [0, 0.05) is 6.07 Å². The van der Waals surface area contributed by atoms with Crippen LogP contribution >= 0.6 is 0 Å². The van der Waals surface area contributed by atoms with Gasteiger partial charge in [0.15, 0.2) is 11.6 Å². The second kappa shape index (κ2) is 7.44. The van der Waals surface area contributed by atoms with Gasteiger partial charge in [-0.3, -0.25) is 4.79 Å². The van der Waals surface area contributed by atoms with Crippen molar-refractivity contribution in [3.05, 3.63) is 59.4 Å². The van der Waals surface area contributed by atoms with E-state index in [1.807, 2.05) is 0 Å². The van der Waals surface area contributed by atoms with Gasteiger partial charge in [-0.1, -0.05) is 6.07 Å². The third-order valence-electron chi connectivity index (χ3n) is 4.49. The van der Waals surface area contributed by atoms with Gasteiger partial charge in [-0.15, -0.1) is 0 Å². The lowest BCUT2D eigenvalue weighted by Gasteiger charge is -2.13. The summed E-state index contributed by atoms with van der Waals surface area (Å²) in [6.07, 6.45) is 2.02. The maximum Gasteiger partial charge on any atom is 0.328 e. The summed E-state index contributed by atoms with van der Waals surface area (Å²) in [4.78, 5) is 12.4. The second-order valence-corrected chi connectivity index (χ2v) is 7.68. The summed E-state index contributed by atoms with van der Waals surface area (Å²) in [5, 5.41) is 0.182. The van der Waals surface area contributed by atoms with Gasteiger partial charge < -0.3 is 13.7 Å². The van der Waals surface area contributed by atoms with Crippen LogP contribution in [0.5, 0.6) is 5.75 Å². The number of furan rings is 1. The molecule has 0 aliphatic heterocycles. The smallest absolute Gasteiger partial charge is 0.328 e. The Balaban J connectivity index is 1.58. The minimum atomic E-state index is -2.08. The topological polar surface area (TPSA) is 74.5 Å². The number of rotatable bonds is 6. The van der Waals surface area contributed by atoms with Crippen LogP contribution in [0.1, 0.15) is 41.8 Å². The summed E-state index contributed by atoms with van der Waals surface area (Å²) in [7, 11) is 0. The Morgan fingerprint density at radius 3 is 2.79 bits per heavy atom. The largest absolute Gasteiger partial charge is 0.588 e. The fraction of sp³-hybridized carbons (Fsp3) is 0.250. The fourth-order valence-electron chi connectivity index (χ4n) is 2.99. The number of carbonyl (C=O) groups excluding carboxylic acids is 1. The molecule has 1 heterocycles. The van der Waals surface area contributed by atoms with E-state index in [1.54, 1.807) is 13.0 Å². The lowest BCUT2D eigenvalue weighted by atomic mass is 10.1. The summed E-state index contributed by atoms with van der Waals surface area (Å²) < 4.78 is 53.7. The minimum Gasteiger partial charge on any atom is -0.588 e. The highest BCUT2D eigenvalue weighted by Crippen LogP contribution is 2.41. The van der Waals surface area contributed by atoms with Gasteiger partial charge in [-0.2, -0.15) is 4.72 Å². The Bertz CT molecular complexity index is 1050. The van der Waals surface area contributed by atoms with Crippen LogP contribution in [0.3, 0.4) is 0 Å². The SMILES string of the molecule is CCOc1c(F)cccc1[S+]([O-])NC(=O)c1cc2c(F)cc(C3CC3)cc2o1. The first kappa shape index (κ1) is 18.8. The first-order chi connectivity index (χ1) is 13.5. The van der Waals surface area contributed by atoms with Gasteiger partial charge in [-0.05, 0) is 55.5 Å². The van der Waals surface area contributed by atoms with Crippen molar-refractivity contribution in [1.29, 1.82) is 0 Å². The Morgan fingerprint density at radius 1 is 1.29 bits per heavy atom. The summed E-state index contributed by atoms with van der Waals surface area (Å²) >= 11 is -2.08. The molecule has 1 aliphatic rings. The molecule has 0 spiro atoms. The van der Waals surface area contributed by atoms with E-state index in [4.69, 9.17) is 9.15 Å². The molecule has 8 heteroatoms. The van der Waals surface area contributed by atoms with Crippen LogP contribution < -0.4 is 9.46 Å². The molecule has 0 bridgehead atoms. The molecule has 1 N–H and O–H groups in total. The minimum absolute atomic E-state index is 0.00601. The first-order valence-electron chi connectivity index (χ1n) is 8.85. The van der Waals surface area contributed by atoms with E-state index in [0.717, 1.165) is 18.4 Å². The highest BCUT2D eigenvalue weighted by atomic mass is 32.2. The van der Waals surface area contributed by atoms with Gasteiger partial charge in [0.2, 0.25) is 10.6 Å². The molecule has 1 aromatic heterocycles. The second-order valence-electron chi connectivity index (χ2n) is 6.50. The molecular formula is C20H17F2NO4S. The third-order valence-corrected chi connectivity index (χ3v) is 5.58. The molecule has 3 aromatic rings. The van der Waals surface area contributed by atoms with Crippen LogP contribution in [0.4, 0.5) is 8.78 Å². The van der Waals surface area contributed by atoms with Crippen molar-refractivity contribution in [3.8, 4) is 5.75 Å². The maximum atomic E-state index is 14.3. The number of amides is 1. The number of carbonyl (C=O) groups is 1. The van der Waals surface area contributed by atoms with Gasteiger partial charge in [0.1, 0.15) is 22.8 Å². The van der Waals surface area contributed by atoms with Crippen LogP contribution in [0.25, 0.3) is 11.0 Å². The Morgan fingerprint density at radius 2 is 2.07 bits per heavy atom. The zero-order chi connectivity index (χ0) is 19.8. The number of ether oxygens (including phenoxy) is 1. The number of fused-ring (bicyclic) bond motifs is 1. The molecule has 1 amide bonds. The number of hydrogen-bond donors (Lipinski definition) is 1. The average molecular weight is 405 g/mol. The van der Waals surface area contributed by atoms with Gasteiger partial charge >= 0.3 is 5.91 Å². The van der Waals surface area contributed by atoms with Crippen molar-refractivity contribution in [3.63, 3.8) is 0 Å². The van der Waals surface area contributed by atoms with E-state index in [2.05, 4.69) is 4.72 Å². The van der Waals surface area contributed by atoms with E-state index in [1.165, 1.54) is 30.3 Å². The molecule has 1 saturated carbocycles. The zero-order valence-corrected chi connectivity index (χ0v) is 15.8. The van der Waals surface area contributed by atoms with Crippen LogP contribution in [0, 0.1) is 11.6 Å². The molecule has 146 valence electrons. The molecule has 1 atom stereocenters. The van der Waals surface area contributed by atoms with Crippen LogP contribution in [0.2, 0.25) is 0 Å². The summed E-state index contributed by atoms with van der Waals surface area (Å²) in [5.74, 6) is -1.97. The molecule has 0 radical (unpaired) electrons. The summed E-state index contributed by atoms with van der Waals surface area (Å²) in [6, 6.07) is 8.38.